The van der Waals surface area contributed by atoms with Crippen LogP contribution in [-0.2, 0) is 4.74 Å². The van der Waals surface area contributed by atoms with Gasteiger partial charge < -0.3 is 14.6 Å². The third kappa shape index (κ3) is 3.90. The number of hydrogen-bond acceptors (Lipinski definition) is 3. The summed E-state index contributed by atoms with van der Waals surface area (Å²) >= 11 is 0. The summed E-state index contributed by atoms with van der Waals surface area (Å²) in [6, 6.07) is 7.39. The van der Waals surface area contributed by atoms with Crippen molar-refractivity contribution >= 4 is 0 Å². The van der Waals surface area contributed by atoms with Gasteiger partial charge in [-0.1, -0.05) is 19.1 Å². The molecule has 0 heterocycles. The standard InChI is InChI=1S/C12H18O3/c1-3-7-15-9-12(13)10-5-4-6-11(8-10)14-2/h4-6,8,12-13H,3,7,9H2,1-2H3. The van der Waals surface area contributed by atoms with E-state index in [1.54, 1.807) is 7.11 Å². The van der Waals surface area contributed by atoms with Crippen molar-refractivity contribution in [2.45, 2.75) is 19.4 Å². The Kier molecular flexibility index (Phi) is 5.15. The van der Waals surface area contributed by atoms with Crippen LogP contribution in [-0.4, -0.2) is 25.4 Å². The molecule has 0 aliphatic rings. The number of methoxy groups -OCH3 is 1. The van der Waals surface area contributed by atoms with E-state index in [1.165, 1.54) is 0 Å². The van der Waals surface area contributed by atoms with E-state index in [9.17, 15) is 5.11 Å². The SMILES string of the molecule is CCCOCC(O)c1cccc(OC)c1. The molecule has 1 rings (SSSR count). The molecule has 1 N–H and O–H groups in total. The summed E-state index contributed by atoms with van der Waals surface area (Å²) < 4.78 is 10.4. The molecule has 15 heavy (non-hydrogen) atoms. The van der Waals surface area contributed by atoms with E-state index >= 15 is 0 Å². The molecule has 0 fully saturated rings. The Hall–Kier alpha value is -1.06. The molecule has 1 unspecified atom stereocenters. The highest BCUT2D eigenvalue weighted by atomic mass is 16.5. The fraction of sp³-hybridized carbons (Fsp3) is 0.500. The second-order valence-electron chi connectivity index (χ2n) is 3.37. The summed E-state index contributed by atoms with van der Waals surface area (Å²) in [5.74, 6) is 0.752. The normalized spacial score (nSPS) is 12.5. The monoisotopic (exact) mass is 210 g/mol. The van der Waals surface area contributed by atoms with Crippen LogP contribution < -0.4 is 4.74 Å². The van der Waals surface area contributed by atoms with Crippen LogP contribution in [0.4, 0.5) is 0 Å². The van der Waals surface area contributed by atoms with Gasteiger partial charge in [0.1, 0.15) is 11.9 Å². The van der Waals surface area contributed by atoms with Crippen molar-refractivity contribution in [2.75, 3.05) is 20.3 Å². The highest BCUT2D eigenvalue weighted by molar-refractivity contribution is 5.29. The molecule has 0 saturated carbocycles. The molecule has 3 nitrogen and oxygen atoms in total. The average molecular weight is 210 g/mol. The lowest BCUT2D eigenvalue weighted by molar-refractivity contribution is 0.0363. The van der Waals surface area contributed by atoms with Crippen LogP contribution in [0.3, 0.4) is 0 Å². The van der Waals surface area contributed by atoms with E-state index in [2.05, 4.69) is 0 Å². The fourth-order valence-electron chi connectivity index (χ4n) is 1.28. The fourth-order valence-corrected chi connectivity index (χ4v) is 1.28. The molecule has 0 aliphatic carbocycles. The zero-order valence-corrected chi connectivity index (χ0v) is 9.27. The Morgan fingerprint density at radius 3 is 2.87 bits per heavy atom. The maximum atomic E-state index is 9.79. The van der Waals surface area contributed by atoms with Crippen molar-refractivity contribution in [3.8, 4) is 5.75 Å². The summed E-state index contributed by atoms with van der Waals surface area (Å²) in [5, 5.41) is 9.79. The smallest absolute Gasteiger partial charge is 0.119 e. The van der Waals surface area contributed by atoms with E-state index < -0.39 is 6.10 Å². The second-order valence-corrected chi connectivity index (χ2v) is 3.37. The zero-order valence-electron chi connectivity index (χ0n) is 9.27. The topological polar surface area (TPSA) is 38.7 Å². The molecule has 0 bridgehead atoms. The molecule has 0 spiro atoms. The maximum Gasteiger partial charge on any atom is 0.119 e. The first-order chi connectivity index (χ1) is 7.27. The number of hydrogen-bond donors (Lipinski definition) is 1. The van der Waals surface area contributed by atoms with E-state index in [0.29, 0.717) is 13.2 Å². The molecular weight excluding hydrogens is 192 g/mol. The lowest BCUT2D eigenvalue weighted by Crippen LogP contribution is -2.07. The van der Waals surface area contributed by atoms with Crippen molar-refractivity contribution in [3.63, 3.8) is 0 Å². The zero-order chi connectivity index (χ0) is 11.1. The van der Waals surface area contributed by atoms with Crippen LogP contribution in [0.5, 0.6) is 5.75 Å². The molecule has 0 saturated heterocycles. The summed E-state index contributed by atoms with van der Waals surface area (Å²) in [4.78, 5) is 0. The van der Waals surface area contributed by atoms with Crippen molar-refractivity contribution in [1.82, 2.24) is 0 Å². The lowest BCUT2D eigenvalue weighted by atomic mass is 10.1. The minimum atomic E-state index is -0.577. The minimum absolute atomic E-state index is 0.334. The van der Waals surface area contributed by atoms with E-state index in [-0.39, 0.29) is 0 Å². The van der Waals surface area contributed by atoms with E-state index in [0.717, 1.165) is 17.7 Å². The predicted molar refractivity (Wildman–Crippen MR) is 59.1 cm³/mol. The Morgan fingerprint density at radius 1 is 1.40 bits per heavy atom. The van der Waals surface area contributed by atoms with Gasteiger partial charge in [-0.2, -0.15) is 0 Å². The number of ether oxygens (including phenoxy) is 2. The largest absolute Gasteiger partial charge is 0.497 e. The van der Waals surface area contributed by atoms with E-state index in [4.69, 9.17) is 9.47 Å². The predicted octanol–water partition coefficient (Wildman–Crippen LogP) is 2.16. The molecule has 0 amide bonds. The summed E-state index contributed by atoms with van der Waals surface area (Å²) in [7, 11) is 1.61. The molecule has 84 valence electrons. The van der Waals surface area contributed by atoms with Gasteiger partial charge in [0, 0.05) is 6.61 Å². The van der Waals surface area contributed by atoms with Crippen LogP contribution in [0.25, 0.3) is 0 Å². The van der Waals surface area contributed by atoms with Crippen molar-refractivity contribution in [2.24, 2.45) is 0 Å². The first kappa shape index (κ1) is 12.0. The van der Waals surface area contributed by atoms with Gasteiger partial charge in [0.25, 0.3) is 0 Å². The molecule has 0 radical (unpaired) electrons. The Bertz CT molecular complexity index is 286. The molecule has 3 heteroatoms. The third-order valence-electron chi connectivity index (χ3n) is 2.10. The molecule has 1 aromatic rings. The third-order valence-corrected chi connectivity index (χ3v) is 2.10. The van der Waals surface area contributed by atoms with Crippen LogP contribution in [0.2, 0.25) is 0 Å². The van der Waals surface area contributed by atoms with Gasteiger partial charge in [-0.15, -0.1) is 0 Å². The van der Waals surface area contributed by atoms with Gasteiger partial charge in [0.2, 0.25) is 0 Å². The highest BCUT2D eigenvalue weighted by Gasteiger charge is 2.07. The molecule has 1 atom stereocenters. The number of aliphatic hydroxyl groups excluding tert-OH is 1. The van der Waals surface area contributed by atoms with Crippen molar-refractivity contribution in [3.05, 3.63) is 29.8 Å². The minimum Gasteiger partial charge on any atom is -0.497 e. The van der Waals surface area contributed by atoms with Crippen LogP contribution in [0.15, 0.2) is 24.3 Å². The Balaban J connectivity index is 2.52. The first-order valence-corrected chi connectivity index (χ1v) is 5.17. The quantitative estimate of drug-likeness (QED) is 0.731. The summed E-state index contributed by atoms with van der Waals surface area (Å²) in [6.45, 7) is 3.06. The van der Waals surface area contributed by atoms with Gasteiger partial charge in [-0.05, 0) is 24.1 Å². The van der Waals surface area contributed by atoms with Gasteiger partial charge >= 0.3 is 0 Å². The Labute approximate surface area is 90.6 Å². The number of aliphatic hydroxyl groups is 1. The average Bonchev–Trinajstić information content (AvgIpc) is 2.29. The van der Waals surface area contributed by atoms with Gasteiger partial charge in [-0.25, -0.2) is 0 Å². The van der Waals surface area contributed by atoms with Gasteiger partial charge in [0.15, 0.2) is 0 Å². The van der Waals surface area contributed by atoms with Crippen LogP contribution in [0.1, 0.15) is 25.0 Å². The van der Waals surface area contributed by atoms with Gasteiger partial charge in [0.05, 0.1) is 13.7 Å². The molecule has 0 aliphatic heterocycles. The summed E-state index contributed by atoms with van der Waals surface area (Å²) in [5.41, 5.74) is 0.824. The highest BCUT2D eigenvalue weighted by Crippen LogP contribution is 2.19. The van der Waals surface area contributed by atoms with Gasteiger partial charge in [-0.3, -0.25) is 0 Å². The van der Waals surface area contributed by atoms with Crippen molar-refractivity contribution in [1.29, 1.82) is 0 Å². The maximum absolute atomic E-state index is 9.79. The molecule has 1 aromatic carbocycles. The van der Waals surface area contributed by atoms with Crippen molar-refractivity contribution < 1.29 is 14.6 Å². The lowest BCUT2D eigenvalue weighted by Gasteiger charge is -2.12. The Morgan fingerprint density at radius 2 is 2.20 bits per heavy atom. The van der Waals surface area contributed by atoms with Crippen LogP contribution >= 0.6 is 0 Å². The van der Waals surface area contributed by atoms with Crippen LogP contribution in [0, 0.1) is 0 Å². The van der Waals surface area contributed by atoms with E-state index in [1.807, 2.05) is 31.2 Å². The molecular formula is C12H18O3. The summed E-state index contributed by atoms with van der Waals surface area (Å²) in [6.07, 6.45) is 0.386. The molecule has 0 aromatic heterocycles. The number of rotatable bonds is 6. The number of benzene rings is 1. The second kappa shape index (κ2) is 6.43. The first-order valence-electron chi connectivity index (χ1n) is 5.17.